The Morgan fingerprint density at radius 1 is 0.833 bits per heavy atom. The van der Waals surface area contributed by atoms with Crippen LogP contribution in [0.25, 0.3) is 16.5 Å². The van der Waals surface area contributed by atoms with Gasteiger partial charge in [-0.05, 0) is 23.6 Å². The van der Waals surface area contributed by atoms with Crippen LogP contribution in [0.2, 0.25) is 0 Å². The number of aromatic nitrogens is 1. The normalized spacial score (nSPS) is 10.7. The van der Waals surface area contributed by atoms with Crippen molar-refractivity contribution in [2.75, 3.05) is 0 Å². The van der Waals surface area contributed by atoms with Crippen LogP contribution >= 0.6 is 0 Å². The number of phenols is 2. The van der Waals surface area contributed by atoms with Crippen LogP contribution < -0.4 is 4.57 Å². The number of hydrogen-bond donors (Lipinski definition) is 2. The van der Waals surface area contributed by atoms with Crippen LogP contribution in [-0.2, 0) is 0 Å². The molecule has 2 aromatic carbocycles. The molecule has 3 rings (SSSR count). The molecule has 1 heterocycles. The Morgan fingerprint density at radius 2 is 1.61 bits per heavy atom. The van der Waals surface area contributed by atoms with Gasteiger partial charge in [-0.15, -0.1) is 0 Å². The third-order valence-corrected chi connectivity index (χ3v) is 2.93. The van der Waals surface area contributed by atoms with Gasteiger partial charge in [0, 0.05) is 11.5 Å². The van der Waals surface area contributed by atoms with E-state index >= 15 is 0 Å². The largest absolute Gasteiger partial charge is 0.508 e. The Kier molecular flexibility index (Phi) is 2.38. The third kappa shape index (κ3) is 1.76. The molecule has 1 aromatic heterocycles. The number of hydrogen-bond acceptors (Lipinski definition) is 2. The summed E-state index contributed by atoms with van der Waals surface area (Å²) >= 11 is 0. The van der Waals surface area contributed by atoms with Crippen molar-refractivity contribution in [3.8, 4) is 17.2 Å². The lowest BCUT2D eigenvalue weighted by Crippen LogP contribution is -2.29. The van der Waals surface area contributed by atoms with E-state index in [0.717, 1.165) is 10.8 Å². The summed E-state index contributed by atoms with van der Waals surface area (Å²) in [4.78, 5) is 0. The molecule has 0 amide bonds. The van der Waals surface area contributed by atoms with E-state index in [0.29, 0.717) is 5.69 Å². The molecule has 88 valence electrons. The third-order valence-electron chi connectivity index (χ3n) is 2.93. The second-order valence-electron chi connectivity index (χ2n) is 4.15. The van der Waals surface area contributed by atoms with Gasteiger partial charge >= 0.3 is 0 Å². The molecule has 0 aliphatic heterocycles. The van der Waals surface area contributed by atoms with Crippen molar-refractivity contribution >= 4 is 10.8 Å². The number of benzene rings is 2. The first-order valence-corrected chi connectivity index (χ1v) is 5.66. The molecule has 0 aliphatic carbocycles. The Labute approximate surface area is 104 Å². The summed E-state index contributed by atoms with van der Waals surface area (Å²) in [6.45, 7) is 0. The zero-order valence-corrected chi connectivity index (χ0v) is 9.62. The summed E-state index contributed by atoms with van der Waals surface area (Å²) in [5.74, 6) is 0.261. The summed E-state index contributed by atoms with van der Waals surface area (Å²) in [6, 6.07) is 14.4. The van der Waals surface area contributed by atoms with Crippen LogP contribution in [0.1, 0.15) is 0 Å². The zero-order valence-electron chi connectivity index (χ0n) is 9.62. The number of phenolic OH excluding ortho intramolecular Hbond substituents is 2. The summed E-state index contributed by atoms with van der Waals surface area (Å²) in [7, 11) is 0. The fourth-order valence-electron chi connectivity index (χ4n) is 2.00. The minimum atomic E-state index is 0.128. The van der Waals surface area contributed by atoms with Crippen molar-refractivity contribution in [2.45, 2.75) is 0 Å². The SMILES string of the molecule is Oc1ccc(O)c(-[n+]2ccc3ccccc3c2)c1. The second kappa shape index (κ2) is 4.04. The van der Waals surface area contributed by atoms with Gasteiger partial charge in [-0.3, -0.25) is 0 Å². The molecule has 0 radical (unpaired) electrons. The van der Waals surface area contributed by atoms with E-state index < -0.39 is 0 Å². The molecule has 18 heavy (non-hydrogen) atoms. The van der Waals surface area contributed by atoms with Crippen molar-refractivity contribution in [3.63, 3.8) is 0 Å². The van der Waals surface area contributed by atoms with Crippen LogP contribution in [0.3, 0.4) is 0 Å². The van der Waals surface area contributed by atoms with Gasteiger partial charge in [-0.2, -0.15) is 4.57 Å². The van der Waals surface area contributed by atoms with Crippen molar-refractivity contribution in [1.29, 1.82) is 0 Å². The average Bonchev–Trinajstić information content (AvgIpc) is 2.41. The van der Waals surface area contributed by atoms with Crippen LogP contribution in [0.5, 0.6) is 11.5 Å². The van der Waals surface area contributed by atoms with E-state index in [1.165, 1.54) is 18.2 Å². The Hall–Kier alpha value is -2.55. The first-order chi connectivity index (χ1) is 8.74. The van der Waals surface area contributed by atoms with Gasteiger partial charge in [-0.25, -0.2) is 0 Å². The standard InChI is InChI=1S/C15H11NO2/c17-13-5-6-15(18)14(9-13)16-8-7-11-3-1-2-4-12(11)10-16/h1-10H,(H-,17,18)/p+1. The first kappa shape index (κ1) is 10.6. The maximum Gasteiger partial charge on any atom is 0.256 e. The fourth-order valence-corrected chi connectivity index (χ4v) is 2.00. The Morgan fingerprint density at radius 3 is 2.44 bits per heavy atom. The van der Waals surface area contributed by atoms with Crippen LogP contribution in [0, 0.1) is 0 Å². The van der Waals surface area contributed by atoms with Gasteiger partial charge in [0.05, 0.1) is 6.07 Å². The van der Waals surface area contributed by atoms with Crippen molar-refractivity contribution in [1.82, 2.24) is 0 Å². The lowest BCUT2D eigenvalue weighted by molar-refractivity contribution is -0.594. The fraction of sp³-hybridized carbons (Fsp3) is 0. The predicted octanol–water partition coefficient (Wildman–Crippen LogP) is 2.53. The number of pyridine rings is 1. The molecule has 0 saturated heterocycles. The molecule has 3 aromatic rings. The molecule has 2 N–H and O–H groups in total. The molecule has 0 saturated carbocycles. The van der Waals surface area contributed by atoms with E-state index in [9.17, 15) is 10.2 Å². The minimum absolute atomic E-state index is 0.128. The maximum atomic E-state index is 9.83. The molecule has 3 heteroatoms. The van der Waals surface area contributed by atoms with Crippen molar-refractivity contribution in [2.24, 2.45) is 0 Å². The van der Waals surface area contributed by atoms with Gasteiger partial charge < -0.3 is 10.2 Å². The van der Waals surface area contributed by atoms with Crippen molar-refractivity contribution in [3.05, 3.63) is 60.9 Å². The summed E-state index contributed by atoms with van der Waals surface area (Å²) < 4.78 is 1.79. The number of aromatic hydroxyl groups is 2. The summed E-state index contributed by atoms with van der Waals surface area (Å²) in [5.41, 5.74) is 0.556. The summed E-state index contributed by atoms with van der Waals surface area (Å²) in [6.07, 6.45) is 3.78. The highest BCUT2D eigenvalue weighted by Gasteiger charge is 2.13. The molecule has 0 aliphatic rings. The van der Waals surface area contributed by atoms with Gasteiger partial charge in [0.15, 0.2) is 18.1 Å². The molecule has 3 nitrogen and oxygen atoms in total. The highest BCUT2D eigenvalue weighted by atomic mass is 16.3. The van der Waals surface area contributed by atoms with Gasteiger partial charge in [0.2, 0.25) is 0 Å². The minimum Gasteiger partial charge on any atom is -0.508 e. The average molecular weight is 238 g/mol. The number of rotatable bonds is 1. The van der Waals surface area contributed by atoms with Crippen LogP contribution in [0.15, 0.2) is 60.9 Å². The van der Waals surface area contributed by atoms with E-state index in [1.807, 2.05) is 42.7 Å². The van der Waals surface area contributed by atoms with Gasteiger partial charge in [0.1, 0.15) is 5.75 Å². The lowest BCUT2D eigenvalue weighted by Gasteiger charge is -2.01. The van der Waals surface area contributed by atoms with E-state index in [-0.39, 0.29) is 11.5 Å². The molecular weight excluding hydrogens is 226 g/mol. The van der Waals surface area contributed by atoms with Crippen molar-refractivity contribution < 1.29 is 14.8 Å². The molecule has 0 fully saturated rings. The monoisotopic (exact) mass is 238 g/mol. The quantitative estimate of drug-likeness (QED) is 0.505. The smallest absolute Gasteiger partial charge is 0.256 e. The number of fused-ring (bicyclic) bond motifs is 1. The molecule has 0 atom stereocenters. The van der Waals surface area contributed by atoms with Crippen LogP contribution in [-0.4, -0.2) is 10.2 Å². The molecule has 0 spiro atoms. The van der Waals surface area contributed by atoms with Gasteiger partial charge in [0.25, 0.3) is 5.69 Å². The summed E-state index contributed by atoms with van der Waals surface area (Å²) in [5, 5.41) is 21.5. The first-order valence-electron chi connectivity index (χ1n) is 5.66. The number of nitrogens with zero attached hydrogens (tertiary/aromatic N) is 1. The highest BCUT2D eigenvalue weighted by Crippen LogP contribution is 2.22. The van der Waals surface area contributed by atoms with E-state index in [4.69, 9.17) is 0 Å². The van der Waals surface area contributed by atoms with Gasteiger partial charge in [-0.1, -0.05) is 18.2 Å². The lowest BCUT2D eigenvalue weighted by atomic mass is 10.2. The topological polar surface area (TPSA) is 44.3 Å². The molecule has 0 unspecified atom stereocenters. The predicted molar refractivity (Wildman–Crippen MR) is 68.8 cm³/mol. The zero-order chi connectivity index (χ0) is 12.5. The Bertz CT molecular complexity index is 723. The molecule has 0 bridgehead atoms. The highest BCUT2D eigenvalue weighted by molar-refractivity contribution is 5.80. The maximum absolute atomic E-state index is 9.83. The van der Waals surface area contributed by atoms with Crippen LogP contribution in [0.4, 0.5) is 0 Å². The second-order valence-corrected chi connectivity index (χ2v) is 4.15. The van der Waals surface area contributed by atoms with E-state index in [2.05, 4.69) is 0 Å². The molecular formula is C15H12NO2+. The Balaban J connectivity index is 2.22. The van der Waals surface area contributed by atoms with E-state index in [1.54, 1.807) is 4.57 Å².